The van der Waals surface area contributed by atoms with Crippen LogP contribution in [0.15, 0.2) is 47.5 Å². The number of rotatable bonds is 5. The van der Waals surface area contributed by atoms with Crippen molar-refractivity contribution in [2.45, 2.75) is 6.92 Å². The topological polar surface area (TPSA) is 135 Å². The zero-order valence-electron chi connectivity index (χ0n) is 15.9. The van der Waals surface area contributed by atoms with Gasteiger partial charge in [0.25, 0.3) is 5.91 Å². The highest BCUT2D eigenvalue weighted by molar-refractivity contribution is 7.10. The average Bonchev–Trinajstić information content (AvgIpc) is 3.51. The number of hydrogen-bond acceptors (Lipinski definition) is 9. The van der Waals surface area contributed by atoms with Crippen molar-refractivity contribution in [1.82, 2.24) is 29.5 Å². The molecule has 4 aromatic heterocycles. The van der Waals surface area contributed by atoms with Gasteiger partial charge in [-0.15, -0.1) is 0 Å². The molecule has 4 heterocycles. The molecular formula is C19H13ClN8O2S. The molecule has 0 aliphatic rings. The van der Waals surface area contributed by atoms with Crippen molar-refractivity contribution < 1.29 is 9.21 Å². The Morgan fingerprint density at radius 3 is 2.97 bits per heavy atom. The van der Waals surface area contributed by atoms with Gasteiger partial charge in [0.05, 0.1) is 28.6 Å². The van der Waals surface area contributed by atoms with Crippen LogP contribution in [0, 0.1) is 6.92 Å². The average molecular weight is 453 g/mol. The van der Waals surface area contributed by atoms with Crippen molar-refractivity contribution in [1.29, 1.82) is 0 Å². The number of hydrogen-bond donors (Lipinski definition) is 3. The highest BCUT2D eigenvalue weighted by atomic mass is 35.5. The summed E-state index contributed by atoms with van der Waals surface area (Å²) in [4.78, 5) is 24.9. The van der Waals surface area contributed by atoms with Crippen molar-refractivity contribution in [3.63, 3.8) is 0 Å². The number of aryl methyl sites for hydroxylation is 1. The van der Waals surface area contributed by atoms with Crippen LogP contribution in [-0.2, 0) is 0 Å². The van der Waals surface area contributed by atoms with E-state index in [0.717, 1.165) is 10.9 Å². The van der Waals surface area contributed by atoms with E-state index in [1.54, 1.807) is 18.3 Å². The van der Waals surface area contributed by atoms with Gasteiger partial charge in [0.2, 0.25) is 10.9 Å². The first-order valence-electron chi connectivity index (χ1n) is 8.98. The Morgan fingerprint density at radius 1 is 1.23 bits per heavy atom. The van der Waals surface area contributed by atoms with Gasteiger partial charge in [0, 0.05) is 28.3 Å². The number of aromatic amines is 1. The quantitative estimate of drug-likeness (QED) is 0.356. The number of benzene rings is 1. The van der Waals surface area contributed by atoms with Crippen molar-refractivity contribution in [3.05, 3.63) is 59.5 Å². The summed E-state index contributed by atoms with van der Waals surface area (Å²) < 4.78 is 9.40. The van der Waals surface area contributed by atoms with Gasteiger partial charge in [-0.1, -0.05) is 11.6 Å². The molecule has 3 N–H and O–H groups in total. The third-order valence-corrected chi connectivity index (χ3v) is 5.36. The number of halogens is 1. The van der Waals surface area contributed by atoms with E-state index < -0.39 is 5.91 Å². The number of anilines is 3. The fourth-order valence-electron chi connectivity index (χ4n) is 2.95. The van der Waals surface area contributed by atoms with E-state index in [4.69, 9.17) is 16.0 Å². The lowest BCUT2D eigenvalue weighted by Crippen LogP contribution is -2.11. The molecule has 10 nitrogen and oxygen atoms in total. The van der Waals surface area contributed by atoms with Crippen LogP contribution in [-0.4, -0.2) is 35.4 Å². The number of H-pyrrole nitrogens is 1. The maximum Gasteiger partial charge on any atom is 0.293 e. The standard InChI is InChI=1S/C19H13ClN8O2S/c1-9-4-10(24-18(29)15-7-21-8-30-15)5-14(23-9)17-26-19(31-28-17)25-13-3-2-12-11(16(13)20)6-22-27-12/h2-8H,1H3,(H,22,27)(H,23,24,29)(H,25,26,28). The van der Waals surface area contributed by atoms with Gasteiger partial charge in [0.1, 0.15) is 5.69 Å². The van der Waals surface area contributed by atoms with Crippen LogP contribution in [0.5, 0.6) is 0 Å². The van der Waals surface area contributed by atoms with Gasteiger partial charge in [-0.05, 0) is 31.2 Å². The number of nitrogens with one attached hydrogen (secondary N) is 3. The zero-order valence-corrected chi connectivity index (χ0v) is 17.5. The predicted octanol–water partition coefficient (Wildman–Crippen LogP) is 4.42. The van der Waals surface area contributed by atoms with E-state index in [1.807, 2.05) is 19.1 Å². The van der Waals surface area contributed by atoms with E-state index in [9.17, 15) is 4.79 Å². The molecule has 0 fully saturated rings. The first kappa shape index (κ1) is 19.2. The zero-order chi connectivity index (χ0) is 21.4. The summed E-state index contributed by atoms with van der Waals surface area (Å²) >= 11 is 7.63. The molecule has 5 rings (SSSR count). The highest BCUT2D eigenvalue weighted by Crippen LogP contribution is 2.33. The van der Waals surface area contributed by atoms with Crippen LogP contribution < -0.4 is 10.6 Å². The number of carbonyl (C=O) groups is 1. The smallest absolute Gasteiger partial charge is 0.293 e. The third-order valence-electron chi connectivity index (χ3n) is 4.32. The van der Waals surface area contributed by atoms with Gasteiger partial charge >= 0.3 is 0 Å². The molecule has 5 aromatic rings. The van der Waals surface area contributed by atoms with E-state index in [-0.39, 0.29) is 5.76 Å². The minimum Gasteiger partial charge on any atom is -0.438 e. The molecule has 31 heavy (non-hydrogen) atoms. The first-order valence-corrected chi connectivity index (χ1v) is 10.1. The lowest BCUT2D eigenvalue weighted by molar-refractivity contribution is 0.0996. The van der Waals surface area contributed by atoms with Crippen LogP contribution >= 0.6 is 23.1 Å². The van der Waals surface area contributed by atoms with Crippen LogP contribution in [0.3, 0.4) is 0 Å². The monoisotopic (exact) mass is 452 g/mol. The minimum atomic E-state index is -0.410. The van der Waals surface area contributed by atoms with Crippen molar-refractivity contribution in [3.8, 4) is 11.5 Å². The highest BCUT2D eigenvalue weighted by Gasteiger charge is 2.15. The Hall–Kier alpha value is -3.83. The number of fused-ring (bicyclic) bond motifs is 1. The second-order valence-corrected chi connectivity index (χ2v) is 7.64. The maximum atomic E-state index is 12.2. The van der Waals surface area contributed by atoms with Crippen LogP contribution in [0.2, 0.25) is 5.02 Å². The largest absolute Gasteiger partial charge is 0.438 e. The molecular weight excluding hydrogens is 440 g/mol. The van der Waals surface area contributed by atoms with Gasteiger partial charge < -0.3 is 15.1 Å². The summed E-state index contributed by atoms with van der Waals surface area (Å²) in [6, 6.07) is 7.15. The molecule has 0 saturated carbocycles. The van der Waals surface area contributed by atoms with Gasteiger partial charge in [-0.2, -0.15) is 14.5 Å². The summed E-state index contributed by atoms with van der Waals surface area (Å²) in [6.07, 6.45) is 4.21. The van der Waals surface area contributed by atoms with Crippen LogP contribution in [0.1, 0.15) is 16.2 Å². The van der Waals surface area contributed by atoms with E-state index in [2.05, 4.69) is 40.2 Å². The molecule has 0 spiro atoms. The number of oxazole rings is 1. The maximum absolute atomic E-state index is 12.2. The number of carbonyl (C=O) groups excluding carboxylic acids is 1. The first-order chi connectivity index (χ1) is 15.1. The number of amides is 1. The second-order valence-electron chi connectivity index (χ2n) is 6.51. The van der Waals surface area contributed by atoms with Crippen LogP contribution in [0.4, 0.5) is 16.5 Å². The molecule has 1 amide bonds. The molecule has 0 unspecified atom stereocenters. The summed E-state index contributed by atoms with van der Waals surface area (Å²) in [5.74, 6) is 0.125. The second kappa shape index (κ2) is 7.78. The molecule has 0 aliphatic heterocycles. The van der Waals surface area contributed by atoms with Gasteiger partial charge in [-0.25, -0.2) is 9.97 Å². The predicted molar refractivity (Wildman–Crippen MR) is 117 cm³/mol. The summed E-state index contributed by atoms with van der Waals surface area (Å²) in [5.41, 5.74) is 3.30. The minimum absolute atomic E-state index is 0.112. The fraction of sp³-hybridized carbons (Fsp3) is 0.0526. The summed E-state index contributed by atoms with van der Waals surface area (Å²) in [7, 11) is 0. The molecule has 0 radical (unpaired) electrons. The van der Waals surface area contributed by atoms with Crippen molar-refractivity contribution >= 4 is 56.4 Å². The molecule has 0 atom stereocenters. The van der Waals surface area contributed by atoms with Crippen molar-refractivity contribution in [2.75, 3.05) is 10.6 Å². The molecule has 154 valence electrons. The Kier molecular flexibility index (Phi) is 4.81. The Morgan fingerprint density at radius 2 is 2.13 bits per heavy atom. The molecule has 0 saturated heterocycles. The summed E-state index contributed by atoms with van der Waals surface area (Å²) in [5, 5.41) is 14.7. The van der Waals surface area contributed by atoms with Gasteiger partial charge in [0.15, 0.2) is 12.2 Å². The number of nitrogens with zero attached hydrogens (tertiary/aromatic N) is 5. The van der Waals surface area contributed by atoms with E-state index >= 15 is 0 Å². The SMILES string of the molecule is Cc1cc(NC(=O)c2cnco2)cc(-c2nsc(Nc3ccc4[nH]ncc4c3Cl)n2)n1. The Balaban J connectivity index is 1.39. The Labute approximate surface area is 183 Å². The normalized spacial score (nSPS) is 11.0. The molecule has 0 bridgehead atoms. The molecule has 12 heteroatoms. The third kappa shape index (κ3) is 3.83. The molecule has 0 aliphatic carbocycles. The fourth-order valence-corrected chi connectivity index (χ4v) is 3.80. The van der Waals surface area contributed by atoms with E-state index in [0.29, 0.717) is 38.7 Å². The van der Waals surface area contributed by atoms with E-state index in [1.165, 1.54) is 24.1 Å². The Bertz CT molecular complexity index is 1400. The van der Waals surface area contributed by atoms with Crippen LogP contribution in [0.25, 0.3) is 22.4 Å². The number of aromatic nitrogens is 6. The van der Waals surface area contributed by atoms with Crippen molar-refractivity contribution in [2.24, 2.45) is 0 Å². The summed E-state index contributed by atoms with van der Waals surface area (Å²) in [6.45, 7) is 1.82. The molecule has 1 aromatic carbocycles. The number of pyridine rings is 1. The lowest BCUT2D eigenvalue weighted by Gasteiger charge is -2.06. The lowest BCUT2D eigenvalue weighted by atomic mass is 10.2. The van der Waals surface area contributed by atoms with Gasteiger partial charge in [-0.3, -0.25) is 9.89 Å².